The van der Waals surface area contributed by atoms with Crippen molar-refractivity contribution in [2.75, 3.05) is 5.32 Å². The Morgan fingerprint density at radius 2 is 1.75 bits per heavy atom. The van der Waals surface area contributed by atoms with E-state index in [1.165, 1.54) is 0 Å². The molecule has 0 aliphatic carbocycles. The predicted molar refractivity (Wildman–Crippen MR) is 94.1 cm³/mol. The Kier molecular flexibility index (Phi) is 4.70. The summed E-state index contributed by atoms with van der Waals surface area (Å²) in [6.45, 7) is 0. The minimum absolute atomic E-state index is 0.0382. The van der Waals surface area contributed by atoms with Gasteiger partial charge in [-0.05, 0) is 18.1 Å². The van der Waals surface area contributed by atoms with Gasteiger partial charge in [0.1, 0.15) is 6.07 Å². The van der Waals surface area contributed by atoms with Crippen molar-refractivity contribution in [2.24, 2.45) is 0 Å². The van der Waals surface area contributed by atoms with E-state index in [1.54, 1.807) is 6.20 Å². The van der Waals surface area contributed by atoms with Crippen molar-refractivity contribution in [1.29, 1.82) is 10.5 Å². The van der Waals surface area contributed by atoms with E-state index in [1.807, 2.05) is 54.6 Å². The van der Waals surface area contributed by atoms with Crippen LogP contribution in [-0.2, 0) is 0 Å². The van der Waals surface area contributed by atoms with Gasteiger partial charge >= 0.3 is 0 Å². The lowest BCUT2D eigenvalue weighted by Gasteiger charge is -2.21. The topological polar surface area (TPSA) is 72.5 Å². The van der Waals surface area contributed by atoms with Crippen LogP contribution >= 0.6 is 0 Å². The number of fused-ring (bicyclic) bond motifs is 1. The molecule has 116 valence electrons. The molecule has 0 saturated heterocycles. The Hall–Kier alpha value is -3.37. The lowest BCUT2D eigenvalue weighted by atomic mass is 10.0. The fourth-order valence-electron chi connectivity index (χ4n) is 2.77. The summed E-state index contributed by atoms with van der Waals surface area (Å²) in [6.07, 6.45) is 2.70. The van der Waals surface area contributed by atoms with E-state index in [0.717, 1.165) is 22.2 Å². The standard InChI is InChI=1S/C20H16N4/c21-12-6-11-18(15-7-2-1-3-8-15)24-20-16(13-22)14-23-19-10-5-4-9-17(19)20/h1-5,7-10,14,18H,6,11H2,(H,23,24)/t18-/m1/s1. The van der Waals surface area contributed by atoms with Crippen LogP contribution < -0.4 is 5.32 Å². The number of nitriles is 2. The van der Waals surface area contributed by atoms with Gasteiger partial charge in [-0.15, -0.1) is 0 Å². The Bertz CT molecular complexity index is 920. The van der Waals surface area contributed by atoms with Gasteiger partial charge in [-0.1, -0.05) is 48.5 Å². The molecule has 0 spiro atoms. The highest BCUT2D eigenvalue weighted by molar-refractivity contribution is 5.94. The molecule has 4 heteroatoms. The quantitative estimate of drug-likeness (QED) is 0.749. The average molecular weight is 312 g/mol. The first-order valence-electron chi connectivity index (χ1n) is 7.79. The summed E-state index contributed by atoms with van der Waals surface area (Å²) in [5.41, 5.74) is 3.21. The molecule has 0 radical (unpaired) electrons. The molecule has 1 heterocycles. The van der Waals surface area contributed by atoms with Crippen LogP contribution in [-0.4, -0.2) is 4.98 Å². The Morgan fingerprint density at radius 1 is 1.00 bits per heavy atom. The third kappa shape index (κ3) is 3.19. The Balaban J connectivity index is 2.05. The number of hydrogen-bond acceptors (Lipinski definition) is 4. The molecule has 0 aliphatic rings. The van der Waals surface area contributed by atoms with Crippen molar-refractivity contribution >= 4 is 16.6 Å². The Morgan fingerprint density at radius 3 is 2.50 bits per heavy atom. The van der Waals surface area contributed by atoms with Gasteiger partial charge < -0.3 is 5.32 Å². The summed E-state index contributed by atoms with van der Waals surface area (Å²) in [5, 5.41) is 22.8. The van der Waals surface area contributed by atoms with Gasteiger partial charge in [0.05, 0.1) is 28.9 Å². The van der Waals surface area contributed by atoms with Gasteiger partial charge in [0, 0.05) is 18.0 Å². The maximum Gasteiger partial charge on any atom is 0.103 e. The summed E-state index contributed by atoms with van der Waals surface area (Å²) >= 11 is 0. The smallest absolute Gasteiger partial charge is 0.103 e. The van der Waals surface area contributed by atoms with E-state index in [-0.39, 0.29) is 6.04 Å². The van der Waals surface area contributed by atoms with Crippen LogP contribution in [0.3, 0.4) is 0 Å². The summed E-state index contributed by atoms with van der Waals surface area (Å²) in [5.74, 6) is 0. The summed E-state index contributed by atoms with van der Waals surface area (Å²) < 4.78 is 0. The van der Waals surface area contributed by atoms with E-state index in [0.29, 0.717) is 18.4 Å². The number of nitrogens with one attached hydrogen (secondary N) is 1. The van der Waals surface area contributed by atoms with Gasteiger partial charge in [-0.25, -0.2) is 0 Å². The molecule has 0 amide bonds. The first kappa shape index (κ1) is 15.5. The molecule has 3 rings (SSSR count). The molecule has 1 aromatic heterocycles. The minimum atomic E-state index is -0.0382. The van der Waals surface area contributed by atoms with Crippen LogP contribution in [0.15, 0.2) is 60.8 Å². The van der Waals surface area contributed by atoms with Gasteiger partial charge in [0.15, 0.2) is 0 Å². The monoisotopic (exact) mass is 312 g/mol. The zero-order valence-electron chi connectivity index (χ0n) is 13.1. The number of hydrogen-bond donors (Lipinski definition) is 1. The van der Waals surface area contributed by atoms with E-state index in [2.05, 4.69) is 22.4 Å². The molecule has 0 bridgehead atoms. The second-order valence-electron chi connectivity index (χ2n) is 5.48. The molecule has 4 nitrogen and oxygen atoms in total. The highest BCUT2D eigenvalue weighted by atomic mass is 14.9. The van der Waals surface area contributed by atoms with Crippen LogP contribution in [0.1, 0.15) is 30.0 Å². The highest BCUT2D eigenvalue weighted by Crippen LogP contribution is 2.31. The number of benzene rings is 2. The number of nitrogens with zero attached hydrogens (tertiary/aromatic N) is 3. The van der Waals surface area contributed by atoms with Crippen LogP contribution in [0, 0.1) is 22.7 Å². The summed E-state index contributed by atoms with van der Waals surface area (Å²) in [7, 11) is 0. The molecule has 0 saturated carbocycles. The second kappa shape index (κ2) is 7.26. The van der Waals surface area contributed by atoms with Crippen molar-refractivity contribution in [3.8, 4) is 12.1 Å². The zero-order valence-corrected chi connectivity index (χ0v) is 13.1. The average Bonchev–Trinajstić information content (AvgIpc) is 2.65. The number of para-hydroxylation sites is 1. The fourth-order valence-corrected chi connectivity index (χ4v) is 2.77. The van der Waals surface area contributed by atoms with Crippen LogP contribution in [0.5, 0.6) is 0 Å². The number of anilines is 1. The van der Waals surface area contributed by atoms with Crippen LogP contribution in [0.4, 0.5) is 5.69 Å². The van der Waals surface area contributed by atoms with Crippen LogP contribution in [0.25, 0.3) is 10.9 Å². The molecule has 1 atom stereocenters. The molecule has 0 fully saturated rings. The number of pyridine rings is 1. The maximum absolute atomic E-state index is 9.46. The lowest BCUT2D eigenvalue weighted by molar-refractivity contribution is 0.710. The molecule has 1 N–H and O–H groups in total. The van der Waals surface area contributed by atoms with Crippen molar-refractivity contribution < 1.29 is 0 Å². The van der Waals surface area contributed by atoms with Gasteiger partial charge in [0.2, 0.25) is 0 Å². The largest absolute Gasteiger partial charge is 0.377 e. The van der Waals surface area contributed by atoms with Crippen molar-refractivity contribution in [1.82, 2.24) is 4.98 Å². The summed E-state index contributed by atoms with van der Waals surface area (Å²) in [6, 6.07) is 22.1. The van der Waals surface area contributed by atoms with Crippen molar-refractivity contribution in [2.45, 2.75) is 18.9 Å². The first-order chi connectivity index (χ1) is 11.8. The maximum atomic E-state index is 9.46. The van der Waals surface area contributed by atoms with Crippen molar-refractivity contribution in [3.05, 3.63) is 71.9 Å². The zero-order chi connectivity index (χ0) is 16.8. The van der Waals surface area contributed by atoms with E-state index in [4.69, 9.17) is 5.26 Å². The molecule has 2 aromatic carbocycles. The highest BCUT2D eigenvalue weighted by Gasteiger charge is 2.15. The SMILES string of the molecule is N#CCC[C@@H](Nc1c(C#N)cnc2ccccc12)c1ccccc1. The molecular formula is C20H16N4. The van der Waals surface area contributed by atoms with Crippen LogP contribution in [0.2, 0.25) is 0 Å². The summed E-state index contributed by atoms with van der Waals surface area (Å²) in [4.78, 5) is 4.34. The van der Waals surface area contributed by atoms with E-state index < -0.39 is 0 Å². The third-order valence-electron chi connectivity index (χ3n) is 3.96. The molecule has 0 aliphatic heterocycles. The number of aromatic nitrogens is 1. The van der Waals surface area contributed by atoms with Crippen molar-refractivity contribution in [3.63, 3.8) is 0 Å². The molecule has 3 aromatic rings. The normalized spacial score (nSPS) is 11.4. The Labute approximate surface area is 141 Å². The number of rotatable bonds is 5. The lowest BCUT2D eigenvalue weighted by Crippen LogP contribution is -2.12. The molecule has 0 unspecified atom stereocenters. The van der Waals surface area contributed by atoms with E-state index in [9.17, 15) is 5.26 Å². The van der Waals surface area contributed by atoms with Gasteiger partial charge in [-0.2, -0.15) is 10.5 Å². The molecular weight excluding hydrogens is 296 g/mol. The van der Waals surface area contributed by atoms with Gasteiger partial charge in [0.25, 0.3) is 0 Å². The second-order valence-corrected chi connectivity index (χ2v) is 5.48. The van der Waals surface area contributed by atoms with Gasteiger partial charge in [-0.3, -0.25) is 4.98 Å². The first-order valence-corrected chi connectivity index (χ1v) is 7.79. The third-order valence-corrected chi connectivity index (χ3v) is 3.96. The van der Waals surface area contributed by atoms with E-state index >= 15 is 0 Å². The molecule has 24 heavy (non-hydrogen) atoms. The predicted octanol–water partition coefficient (Wildman–Crippen LogP) is 4.56. The fraction of sp³-hybridized carbons (Fsp3) is 0.150. The minimum Gasteiger partial charge on any atom is -0.377 e.